The van der Waals surface area contributed by atoms with Crippen LogP contribution >= 0.6 is 0 Å². The highest BCUT2D eigenvalue weighted by Crippen LogP contribution is 2.35. The number of carbonyl (C=O) groups is 2. The SMILES string of the molecule is COc1ccc(/C=C2\Oc3cc(OC(=O)/C=C/c4ccccc4)ccc3C2=O)cc1. The van der Waals surface area contributed by atoms with Crippen LogP contribution in [0.1, 0.15) is 21.5 Å². The van der Waals surface area contributed by atoms with Crippen LogP contribution in [0.3, 0.4) is 0 Å². The molecule has 0 aromatic heterocycles. The minimum absolute atomic E-state index is 0.211. The Labute approximate surface area is 173 Å². The van der Waals surface area contributed by atoms with Crippen molar-refractivity contribution in [3.05, 3.63) is 101 Å². The van der Waals surface area contributed by atoms with E-state index in [-0.39, 0.29) is 11.5 Å². The van der Waals surface area contributed by atoms with Crippen LogP contribution in [-0.4, -0.2) is 18.9 Å². The Bertz CT molecular complexity index is 1140. The van der Waals surface area contributed by atoms with E-state index in [2.05, 4.69) is 0 Å². The normalized spacial score (nSPS) is 13.9. The van der Waals surface area contributed by atoms with Gasteiger partial charge in [-0.05, 0) is 47.5 Å². The number of Topliss-reactive ketones (excluding diaryl/α,β-unsaturated/α-hetero) is 1. The van der Waals surface area contributed by atoms with E-state index >= 15 is 0 Å². The number of fused-ring (bicyclic) bond motifs is 1. The number of hydrogen-bond acceptors (Lipinski definition) is 5. The zero-order valence-corrected chi connectivity index (χ0v) is 16.2. The van der Waals surface area contributed by atoms with Crippen molar-refractivity contribution in [2.45, 2.75) is 0 Å². The van der Waals surface area contributed by atoms with Gasteiger partial charge in [-0.25, -0.2) is 4.79 Å². The van der Waals surface area contributed by atoms with E-state index in [1.165, 1.54) is 12.1 Å². The molecular formula is C25H18O5. The molecular weight excluding hydrogens is 380 g/mol. The van der Waals surface area contributed by atoms with Crippen molar-refractivity contribution in [2.75, 3.05) is 7.11 Å². The monoisotopic (exact) mass is 398 g/mol. The molecule has 0 amide bonds. The predicted molar refractivity (Wildman–Crippen MR) is 113 cm³/mol. The van der Waals surface area contributed by atoms with E-state index < -0.39 is 5.97 Å². The third kappa shape index (κ3) is 4.31. The van der Waals surface area contributed by atoms with E-state index in [1.54, 1.807) is 43.5 Å². The lowest BCUT2D eigenvalue weighted by molar-refractivity contribution is -0.128. The van der Waals surface area contributed by atoms with E-state index in [4.69, 9.17) is 14.2 Å². The van der Waals surface area contributed by atoms with Gasteiger partial charge in [0.25, 0.3) is 0 Å². The fourth-order valence-corrected chi connectivity index (χ4v) is 2.96. The van der Waals surface area contributed by atoms with Gasteiger partial charge in [-0.2, -0.15) is 0 Å². The molecule has 1 aliphatic heterocycles. The zero-order chi connectivity index (χ0) is 20.9. The predicted octanol–water partition coefficient (Wildman–Crippen LogP) is 4.93. The fourth-order valence-electron chi connectivity index (χ4n) is 2.96. The van der Waals surface area contributed by atoms with E-state index in [0.717, 1.165) is 16.9 Å². The molecule has 0 N–H and O–H groups in total. The minimum atomic E-state index is -0.517. The Morgan fingerprint density at radius 2 is 1.63 bits per heavy atom. The Morgan fingerprint density at radius 3 is 2.37 bits per heavy atom. The largest absolute Gasteiger partial charge is 0.497 e. The van der Waals surface area contributed by atoms with Crippen molar-refractivity contribution in [3.8, 4) is 17.2 Å². The summed E-state index contributed by atoms with van der Waals surface area (Å²) in [5.41, 5.74) is 2.13. The second-order valence-electron chi connectivity index (χ2n) is 6.54. The first-order valence-electron chi connectivity index (χ1n) is 9.30. The summed E-state index contributed by atoms with van der Waals surface area (Å²) < 4.78 is 16.2. The number of rotatable bonds is 5. The first kappa shape index (κ1) is 19.2. The average Bonchev–Trinajstić information content (AvgIpc) is 3.08. The number of hydrogen-bond donors (Lipinski definition) is 0. The van der Waals surface area contributed by atoms with Crippen LogP contribution in [0, 0.1) is 0 Å². The molecule has 0 aliphatic carbocycles. The number of carbonyl (C=O) groups excluding carboxylic acids is 2. The fraction of sp³-hybridized carbons (Fsp3) is 0.0400. The van der Waals surface area contributed by atoms with Gasteiger partial charge >= 0.3 is 5.97 Å². The third-order valence-electron chi connectivity index (χ3n) is 4.48. The summed E-state index contributed by atoms with van der Waals surface area (Å²) in [7, 11) is 1.59. The number of ether oxygens (including phenoxy) is 3. The molecule has 0 saturated heterocycles. The van der Waals surface area contributed by atoms with Crippen molar-refractivity contribution >= 4 is 23.9 Å². The molecule has 4 rings (SSSR count). The molecule has 0 radical (unpaired) electrons. The van der Waals surface area contributed by atoms with Crippen LogP contribution in [-0.2, 0) is 4.79 Å². The maximum atomic E-state index is 12.6. The molecule has 0 atom stereocenters. The summed E-state index contributed by atoms with van der Waals surface area (Å²) in [6.45, 7) is 0. The highest BCUT2D eigenvalue weighted by Gasteiger charge is 2.27. The molecule has 0 fully saturated rings. The molecule has 148 valence electrons. The minimum Gasteiger partial charge on any atom is -0.497 e. The summed E-state index contributed by atoms with van der Waals surface area (Å²) in [6.07, 6.45) is 4.69. The summed E-state index contributed by atoms with van der Waals surface area (Å²) in [4.78, 5) is 24.6. The molecule has 1 aliphatic rings. The summed E-state index contributed by atoms with van der Waals surface area (Å²) in [5, 5.41) is 0. The summed E-state index contributed by atoms with van der Waals surface area (Å²) in [6, 6.07) is 21.4. The lowest BCUT2D eigenvalue weighted by Crippen LogP contribution is -2.03. The van der Waals surface area contributed by atoms with Crippen LogP contribution < -0.4 is 14.2 Å². The summed E-state index contributed by atoms with van der Waals surface area (Å²) in [5.74, 6) is 0.862. The molecule has 5 heteroatoms. The van der Waals surface area contributed by atoms with Crippen molar-refractivity contribution in [3.63, 3.8) is 0 Å². The van der Waals surface area contributed by atoms with Gasteiger partial charge in [0.1, 0.15) is 17.2 Å². The third-order valence-corrected chi connectivity index (χ3v) is 4.48. The summed E-state index contributed by atoms with van der Waals surface area (Å²) >= 11 is 0. The molecule has 3 aromatic rings. The van der Waals surface area contributed by atoms with Crippen LogP contribution in [0.5, 0.6) is 17.2 Å². The van der Waals surface area contributed by atoms with Gasteiger partial charge in [-0.15, -0.1) is 0 Å². The van der Waals surface area contributed by atoms with E-state index in [0.29, 0.717) is 17.1 Å². The van der Waals surface area contributed by atoms with Gasteiger partial charge in [0.15, 0.2) is 5.76 Å². The topological polar surface area (TPSA) is 61.8 Å². The Morgan fingerprint density at radius 1 is 0.900 bits per heavy atom. The van der Waals surface area contributed by atoms with Crippen LogP contribution in [0.15, 0.2) is 84.6 Å². The van der Waals surface area contributed by atoms with Gasteiger partial charge in [0.2, 0.25) is 5.78 Å². The van der Waals surface area contributed by atoms with Gasteiger partial charge in [0.05, 0.1) is 12.7 Å². The van der Waals surface area contributed by atoms with Gasteiger partial charge in [-0.1, -0.05) is 42.5 Å². The maximum absolute atomic E-state index is 12.6. The maximum Gasteiger partial charge on any atom is 0.336 e. The Kier molecular flexibility index (Phi) is 5.44. The van der Waals surface area contributed by atoms with Gasteiger partial charge < -0.3 is 14.2 Å². The molecule has 3 aromatic carbocycles. The quantitative estimate of drug-likeness (QED) is 0.346. The first-order chi connectivity index (χ1) is 14.6. The lowest BCUT2D eigenvalue weighted by atomic mass is 10.1. The second-order valence-corrected chi connectivity index (χ2v) is 6.54. The van der Waals surface area contributed by atoms with Crippen molar-refractivity contribution in [1.29, 1.82) is 0 Å². The molecule has 30 heavy (non-hydrogen) atoms. The number of allylic oxidation sites excluding steroid dienone is 1. The van der Waals surface area contributed by atoms with Crippen LogP contribution in [0.4, 0.5) is 0 Å². The van der Waals surface area contributed by atoms with Crippen molar-refractivity contribution < 1.29 is 23.8 Å². The second kappa shape index (κ2) is 8.49. The van der Waals surface area contributed by atoms with Crippen LogP contribution in [0.25, 0.3) is 12.2 Å². The van der Waals surface area contributed by atoms with Gasteiger partial charge in [0, 0.05) is 12.1 Å². The smallest absolute Gasteiger partial charge is 0.336 e. The van der Waals surface area contributed by atoms with E-state index in [9.17, 15) is 9.59 Å². The number of ketones is 1. The first-order valence-corrected chi connectivity index (χ1v) is 9.30. The number of methoxy groups -OCH3 is 1. The Balaban J connectivity index is 1.47. The van der Waals surface area contributed by atoms with E-state index in [1.807, 2.05) is 42.5 Å². The average molecular weight is 398 g/mol. The molecule has 0 bridgehead atoms. The molecule has 0 spiro atoms. The molecule has 0 unspecified atom stereocenters. The number of esters is 1. The standard InChI is InChI=1S/C25H18O5/c1-28-19-10-7-18(8-11-19)15-23-25(27)21-13-12-20(16-22(21)30-23)29-24(26)14-9-17-5-3-2-4-6-17/h2-16H,1H3/b14-9+,23-15-. The number of benzene rings is 3. The molecule has 1 heterocycles. The van der Waals surface area contributed by atoms with Gasteiger partial charge in [-0.3, -0.25) is 4.79 Å². The Hall–Kier alpha value is -4.12. The highest BCUT2D eigenvalue weighted by atomic mass is 16.5. The van der Waals surface area contributed by atoms with Crippen molar-refractivity contribution in [1.82, 2.24) is 0 Å². The zero-order valence-electron chi connectivity index (χ0n) is 16.2. The lowest BCUT2D eigenvalue weighted by Gasteiger charge is -2.03. The molecule has 5 nitrogen and oxygen atoms in total. The highest BCUT2D eigenvalue weighted by molar-refractivity contribution is 6.14. The van der Waals surface area contributed by atoms with Crippen LogP contribution in [0.2, 0.25) is 0 Å². The molecule has 0 saturated carbocycles. The van der Waals surface area contributed by atoms with Crippen molar-refractivity contribution in [2.24, 2.45) is 0 Å².